The van der Waals surface area contributed by atoms with E-state index in [1.54, 1.807) is 41.5 Å². The van der Waals surface area contributed by atoms with Crippen LogP contribution in [0.4, 0.5) is 0 Å². The first-order valence-electron chi connectivity index (χ1n) is 15.0. The van der Waals surface area contributed by atoms with Crippen LogP contribution in [0.25, 0.3) is 0 Å². The third-order valence-corrected chi connectivity index (χ3v) is 5.73. The van der Waals surface area contributed by atoms with E-state index in [2.05, 4.69) is 0 Å². The van der Waals surface area contributed by atoms with Crippen molar-refractivity contribution >= 4 is 41.4 Å². The highest BCUT2D eigenvalue weighted by atomic mass is 16.6. The topological polar surface area (TPSA) is 166 Å². The van der Waals surface area contributed by atoms with E-state index in [4.69, 9.17) is 23.7 Å². The molecule has 4 atom stereocenters. The molecule has 0 aliphatic heterocycles. The monoisotopic (exact) mass is 600 g/mol. The Morgan fingerprint density at radius 1 is 0.476 bits per heavy atom. The third kappa shape index (κ3) is 15.1. The summed E-state index contributed by atoms with van der Waals surface area (Å²) in [6, 6.07) is 0. The molecule has 0 aromatic rings. The van der Waals surface area contributed by atoms with Gasteiger partial charge in [-0.1, -0.05) is 41.5 Å². The summed E-state index contributed by atoms with van der Waals surface area (Å²) in [6.07, 6.45) is -5.55. The minimum atomic E-state index is -2.02. The fourth-order valence-electron chi connectivity index (χ4n) is 3.72. The number of Topliss-reactive ketones (excluding diaryl/α,β-unsaturated/α-hetero) is 2. The molecule has 42 heavy (non-hydrogen) atoms. The zero-order chi connectivity index (χ0) is 32.1. The van der Waals surface area contributed by atoms with Crippen LogP contribution in [0.5, 0.6) is 0 Å². The molecule has 0 saturated carbocycles. The first-order valence-corrected chi connectivity index (χ1v) is 15.0. The van der Waals surface area contributed by atoms with Gasteiger partial charge in [0.2, 0.25) is 18.0 Å². The molecule has 0 fully saturated rings. The normalized spacial score (nSPS) is 13.6. The summed E-state index contributed by atoms with van der Waals surface area (Å²) in [7, 11) is 0. The van der Waals surface area contributed by atoms with E-state index >= 15 is 0 Å². The van der Waals surface area contributed by atoms with Crippen molar-refractivity contribution in [1.82, 2.24) is 0 Å². The van der Waals surface area contributed by atoms with E-state index in [1.165, 1.54) is 0 Å². The Balaban J connectivity index is 6.94. The van der Waals surface area contributed by atoms with E-state index in [9.17, 15) is 33.6 Å². The molecule has 0 radical (unpaired) electrons. The fourth-order valence-corrected chi connectivity index (χ4v) is 3.72. The summed E-state index contributed by atoms with van der Waals surface area (Å²) in [5, 5.41) is 0. The van der Waals surface area contributed by atoms with Gasteiger partial charge in [-0.25, -0.2) is 0 Å². The summed E-state index contributed by atoms with van der Waals surface area (Å²) < 4.78 is 27.1. The Labute approximate surface area is 248 Å². The maximum Gasteiger partial charge on any atom is 0.306 e. The molecule has 0 aromatic carbocycles. The second-order valence-electron chi connectivity index (χ2n) is 9.81. The zero-order valence-electron chi connectivity index (χ0n) is 25.9. The third-order valence-electron chi connectivity index (χ3n) is 5.73. The van der Waals surface area contributed by atoms with Crippen molar-refractivity contribution in [1.29, 1.82) is 0 Å². The van der Waals surface area contributed by atoms with Crippen LogP contribution in [-0.4, -0.2) is 72.4 Å². The number of carbonyl (C=O) groups excluding carboxylic acids is 7. The maximum absolute atomic E-state index is 14.0. The van der Waals surface area contributed by atoms with Gasteiger partial charge in [0.15, 0.2) is 18.0 Å². The van der Waals surface area contributed by atoms with E-state index in [0.29, 0.717) is 38.5 Å². The van der Waals surface area contributed by atoms with Crippen LogP contribution in [0.3, 0.4) is 0 Å². The number of ketones is 2. The number of hydrogen-bond acceptors (Lipinski definition) is 12. The Bertz CT molecular complexity index is 897. The molecule has 0 heterocycles. The van der Waals surface area contributed by atoms with Crippen LogP contribution in [0.15, 0.2) is 0 Å². The molecule has 0 amide bonds. The highest BCUT2D eigenvalue weighted by Gasteiger charge is 2.47. The largest absolute Gasteiger partial charge is 0.462 e. The van der Waals surface area contributed by atoms with Gasteiger partial charge in [-0.3, -0.25) is 33.6 Å². The van der Waals surface area contributed by atoms with E-state index in [1.807, 2.05) is 0 Å². The van der Waals surface area contributed by atoms with Gasteiger partial charge in [0.25, 0.3) is 0 Å². The Hall–Kier alpha value is -3.31. The zero-order valence-corrected chi connectivity index (χ0v) is 25.9. The first kappa shape index (κ1) is 38.7. The molecule has 0 bridgehead atoms. The van der Waals surface area contributed by atoms with Crippen LogP contribution in [-0.2, 0) is 57.2 Å². The van der Waals surface area contributed by atoms with Gasteiger partial charge in [-0.2, -0.15) is 0 Å². The Morgan fingerprint density at radius 3 is 1.36 bits per heavy atom. The van der Waals surface area contributed by atoms with Crippen LogP contribution >= 0.6 is 0 Å². The van der Waals surface area contributed by atoms with Gasteiger partial charge in [-0.15, -0.1) is 0 Å². The highest BCUT2D eigenvalue weighted by molar-refractivity contribution is 6.09. The molecule has 0 saturated heterocycles. The molecule has 12 nitrogen and oxygen atoms in total. The van der Waals surface area contributed by atoms with Gasteiger partial charge < -0.3 is 23.7 Å². The molecule has 12 heteroatoms. The Kier molecular flexibility index (Phi) is 20.6. The van der Waals surface area contributed by atoms with Gasteiger partial charge in [0, 0.05) is 38.5 Å². The second kappa shape index (κ2) is 22.3. The summed E-state index contributed by atoms with van der Waals surface area (Å²) in [5.74, 6) is -5.78. The Morgan fingerprint density at radius 2 is 0.881 bits per heavy atom. The van der Waals surface area contributed by atoms with Crippen molar-refractivity contribution in [3.63, 3.8) is 0 Å². The minimum Gasteiger partial charge on any atom is -0.462 e. The van der Waals surface area contributed by atoms with Crippen molar-refractivity contribution in [2.24, 2.45) is 0 Å². The van der Waals surface area contributed by atoms with Crippen LogP contribution in [0.2, 0.25) is 0 Å². The predicted molar refractivity (Wildman–Crippen MR) is 150 cm³/mol. The highest BCUT2D eigenvalue weighted by Crippen LogP contribution is 2.21. The van der Waals surface area contributed by atoms with Gasteiger partial charge in [0.05, 0.1) is 0 Å². The molecular weight excluding hydrogens is 552 g/mol. The lowest BCUT2D eigenvalue weighted by Crippen LogP contribution is -2.55. The lowest BCUT2D eigenvalue weighted by molar-refractivity contribution is -0.196. The molecule has 0 rings (SSSR count). The average molecular weight is 601 g/mol. The van der Waals surface area contributed by atoms with Crippen molar-refractivity contribution < 1.29 is 57.2 Å². The van der Waals surface area contributed by atoms with E-state index < -0.39 is 72.4 Å². The number of rotatable bonds is 23. The van der Waals surface area contributed by atoms with Crippen LogP contribution in [0, 0.1) is 0 Å². The number of carbonyl (C=O) groups is 7. The minimum absolute atomic E-state index is 0.0461. The van der Waals surface area contributed by atoms with Gasteiger partial charge in [0.1, 0.15) is 6.61 Å². The van der Waals surface area contributed by atoms with Crippen LogP contribution in [0.1, 0.15) is 119 Å². The summed E-state index contributed by atoms with van der Waals surface area (Å²) in [4.78, 5) is 89.6. The summed E-state index contributed by atoms with van der Waals surface area (Å²) >= 11 is 0. The van der Waals surface area contributed by atoms with Crippen molar-refractivity contribution in [2.75, 3.05) is 6.61 Å². The SMILES string of the molecule is CCCC(=O)OC[C@@H](OC(=O)CCC)[C@H](OC(=O)CCC)[C@@H](OC(=O)CCC)C(=O)C(OC(=O)CCC)C(=O)CCC. The average Bonchev–Trinajstić information content (AvgIpc) is 2.92. The van der Waals surface area contributed by atoms with Gasteiger partial charge >= 0.3 is 29.8 Å². The van der Waals surface area contributed by atoms with Crippen LogP contribution < -0.4 is 0 Å². The molecule has 0 aromatic heterocycles. The molecule has 0 aliphatic rings. The fraction of sp³-hybridized carbons (Fsp3) is 0.767. The molecule has 0 spiro atoms. The predicted octanol–water partition coefficient (Wildman–Crippen LogP) is 4.12. The lowest BCUT2D eigenvalue weighted by Gasteiger charge is -2.33. The standard InChI is InChI=1S/C30H48O12/c1-7-13-20(31)28(40-24(34)16-10-4)27(37)30(42-26(36)18-12-6)29(41-25(35)17-11-5)21(39-23(33)15-9-3)19-38-22(32)14-8-2/h21,28-30H,7-19H2,1-6H3/t21-,28?,29+,30+/m1/s1. The summed E-state index contributed by atoms with van der Waals surface area (Å²) in [6.45, 7) is 9.65. The summed E-state index contributed by atoms with van der Waals surface area (Å²) in [5.41, 5.74) is 0. The number of esters is 5. The molecule has 1 unspecified atom stereocenters. The quantitative estimate of drug-likeness (QED) is 0.0937. The second-order valence-corrected chi connectivity index (χ2v) is 9.81. The van der Waals surface area contributed by atoms with E-state index in [0.717, 1.165) is 0 Å². The first-order chi connectivity index (χ1) is 20.0. The van der Waals surface area contributed by atoms with Crippen molar-refractivity contribution in [3.8, 4) is 0 Å². The number of ether oxygens (including phenoxy) is 5. The smallest absolute Gasteiger partial charge is 0.306 e. The lowest BCUT2D eigenvalue weighted by atomic mass is 9.96. The van der Waals surface area contributed by atoms with Crippen molar-refractivity contribution in [3.05, 3.63) is 0 Å². The van der Waals surface area contributed by atoms with E-state index in [-0.39, 0.29) is 38.5 Å². The van der Waals surface area contributed by atoms with Crippen molar-refractivity contribution in [2.45, 2.75) is 143 Å². The number of hydrogen-bond donors (Lipinski definition) is 0. The molecule has 240 valence electrons. The molecular formula is C30H48O12. The maximum atomic E-state index is 14.0. The van der Waals surface area contributed by atoms with Gasteiger partial charge in [-0.05, 0) is 38.5 Å². The molecule has 0 aliphatic carbocycles. The molecule has 0 N–H and O–H groups in total.